The van der Waals surface area contributed by atoms with Crippen molar-refractivity contribution in [3.05, 3.63) is 46.8 Å². The number of aryl methyl sites for hydroxylation is 3. The molecular formula is C23H36N4O2. The normalized spacial score (nSPS) is 18.3. The topological polar surface area (TPSA) is 53.8 Å². The predicted octanol–water partition coefficient (Wildman–Crippen LogP) is 2.99. The summed E-state index contributed by atoms with van der Waals surface area (Å²) in [5.41, 5.74) is 4.92. The molecule has 2 aromatic rings. The number of piperazine rings is 1. The van der Waals surface area contributed by atoms with E-state index >= 15 is 0 Å². The van der Waals surface area contributed by atoms with Crippen LogP contribution in [-0.4, -0.2) is 64.1 Å². The largest absolute Gasteiger partial charge is 0.496 e. The van der Waals surface area contributed by atoms with Gasteiger partial charge >= 0.3 is 0 Å². The van der Waals surface area contributed by atoms with Crippen molar-refractivity contribution in [1.29, 1.82) is 0 Å². The molecule has 0 aliphatic carbocycles. The lowest BCUT2D eigenvalue weighted by atomic mass is 10.0. The van der Waals surface area contributed by atoms with Crippen LogP contribution in [-0.2, 0) is 19.6 Å². The van der Waals surface area contributed by atoms with E-state index in [-0.39, 0.29) is 6.61 Å². The van der Waals surface area contributed by atoms with Crippen molar-refractivity contribution in [1.82, 2.24) is 19.6 Å². The highest BCUT2D eigenvalue weighted by molar-refractivity contribution is 5.36. The summed E-state index contributed by atoms with van der Waals surface area (Å²) in [6.45, 7) is 12.5. The molecule has 0 saturated carbocycles. The first-order valence-electron chi connectivity index (χ1n) is 10.8. The van der Waals surface area contributed by atoms with Gasteiger partial charge in [0, 0.05) is 63.7 Å². The maximum atomic E-state index is 9.62. The molecule has 0 bridgehead atoms. The first-order chi connectivity index (χ1) is 14.0. The Labute approximate surface area is 175 Å². The quantitative estimate of drug-likeness (QED) is 0.701. The number of rotatable bonds is 9. The number of methoxy groups -OCH3 is 1. The molecule has 1 aromatic heterocycles. The molecule has 3 rings (SSSR count). The second-order valence-corrected chi connectivity index (χ2v) is 8.18. The molecule has 1 aromatic carbocycles. The Morgan fingerprint density at radius 1 is 1.21 bits per heavy atom. The van der Waals surface area contributed by atoms with Gasteiger partial charge in [-0.05, 0) is 43.9 Å². The number of aliphatic hydroxyl groups excluding tert-OH is 1. The highest BCUT2D eigenvalue weighted by Gasteiger charge is 2.27. The molecular weight excluding hydrogens is 364 g/mol. The molecule has 1 atom stereocenters. The fourth-order valence-electron chi connectivity index (χ4n) is 4.30. The van der Waals surface area contributed by atoms with Crippen LogP contribution >= 0.6 is 0 Å². The summed E-state index contributed by atoms with van der Waals surface area (Å²) < 4.78 is 7.45. The molecule has 1 N–H and O–H groups in total. The molecule has 6 nitrogen and oxygen atoms in total. The van der Waals surface area contributed by atoms with E-state index in [1.165, 1.54) is 16.7 Å². The van der Waals surface area contributed by atoms with E-state index in [4.69, 9.17) is 4.74 Å². The molecule has 0 spiro atoms. The van der Waals surface area contributed by atoms with Crippen molar-refractivity contribution in [2.75, 3.05) is 33.4 Å². The van der Waals surface area contributed by atoms with Crippen LogP contribution in [0.5, 0.6) is 5.75 Å². The Morgan fingerprint density at radius 3 is 2.72 bits per heavy atom. The third-order valence-corrected chi connectivity index (χ3v) is 5.89. The van der Waals surface area contributed by atoms with Crippen molar-refractivity contribution in [2.45, 2.75) is 59.3 Å². The molecule has 2 heterocycles. The molecule has 0 amide bonds. The summed E-state index contributed by atoms with van der Waals surface area (Å²) in [7, 11) is 1.71. The summed E-state index contributed by atoms with van der Waals surface area (Å²) in [4.78, 5) is 5.03. The number of nitrogens with zero attached hydrogens (tertiary/aromatic N) is 4. The molecule has 29 heavy (non-hydrogen) atoms. The van der Waals surface area contributed by atoms with Gasteiger partial charge in [-0.1, -0.05) is 19.1 Å². The Hall–Kier alpha value is -1.89. The van der Waals surface area contributed by atoms with Gasteiger partial charge in [0.15, 0.2) is 0 Å². The summed E-state index contributed by atoms with van der Waals surface area (Å²) in [5, 5.41) is 14.3. The summed E-state index contributed by atoms with van der Waals surface area (Å²) in [6, 6.07) is 6.78. The Morgan fingerprint density at radius 2 is 2.03 bits per heavy atom. The summed E-state index contributed by atoms with van der Waals surface area (Å²) in [6.07, 6.45) is 4.11. The van der Waals surface area contributed by atoms with Gasteiger partial charge in [0.05, 0.1) is 12.8 Å². The van der Waals surface area contributed by atoms with Gasteiger partial charge in [-0.3, -0.25) is 14.5 Å². The van der Waals surface area contributed by atoms with Gasteiger partial charge < -0.3 is 9.84 Å². The van der Waals surface area contributed by atoms with Crippen LogP contribution in [0.25, 0.3) is 0 Å². The average Bonchev–Trinajstić information content (AvgIpc) is 3.03. The number of benzene rings is 1. The van der Waals surface area contributed by atoms with E-state index < -0.39 is 0 Å². The van der Waals surface area contributed by atoms with E-state index in [0.29, 0.717) is 6.04 Å². The summed E-state index contributed by atoms with van der Waals surface area (Å²) >= 11 is 0. The minimum atomic E-state index is 0.226. The maximum Gasteiger partial charge on any atom is 0.121 e. The lowest BCUT2D eigenvalue weighted by molar-refractivity contribution is 0.0498. The fourth-order valence-corrected chi connectivity index (χ4v) is 4.30. The second-order valence-electron chi connectivity index (χ2n) is 8.18. The lowest BCUT2D eigenvalue weighted by Gasteiger charge is -2.41. The zero-order chi connectivity index (χ0) is 20.8. The highest BCUT2D eigenvalue weighted by Crippen LogP contribution is 2.23. The van der Waals surface area contributed by atoms with Crippen LogP contribution in [0.2, 0.25) is 0 Å². The monoisotopic (exact) mass is 400 g/mol. The van der Waals surface area contributed by atoms with Crippen molar-refractivity contribution < 1.29 is 9.84 Å². The molecule has 1 saturated heterocycles. The third-order valence-electron chi connectivity index (χ3n) is 5.89. The molecule has 0 radical (unpaired) electrons. The van der Waals surface area contributed by atoms with Gasteiger partial charge in [-0.15, -0.1) is 0 Å². The van der Waals surface area contributed by atoms with E-state index in [1.54, 1.807) is 7.11 Å². The van der Waals surface area contributed by atoms with E-state index in [0.717, 1.165) is 63.6 Å². The van der Waals surface area contributed by atoms with Crippen molar-refractivity contribution in [3.8, 4) is 5.75 Å². The lowest BCUT2D eigenvalue weighted by Crippen LogP contribution is -2.52. The zero-order valence-corrected chi connectivity index (χ0v) is 18.4. The average molecular weight is 401 g/mol. The Balaban J connectivity index is 1.64. The third kappa shape index (κ3) is 5.59. The van der Waals surface area contributed by atoms with Gasteiger partial charge in [0.1, 0.15) is 5.75 Å². The molecule has 1 fully saturated rings. The predicted molar refractivity (Wildman–Crippen MR) is 116 cm³/mol. The molecule has 6 heteroatoms. The van der Waals surface area contributed by atoms with E-state index in [1.807, 2.05) is 0 Å². The van der Waals surface area contributed by atoms with Crippen LogP contribution < -0.4 is 4.74 Å². The van der Waals surface area contributed by atoms with Crippen molar-refractivity contribution in [2.24, 2.45) is 0 Å². The van der Waals surface area contributed by atoms with Gasteiger partial charge in [0.2, 0.25) is 0 Å². The number of aromatic nitrogens is 2. The number of aliphatic hydroxyl groups is 1. The van der Waals surface area contributed by atoms with Gasteiger partial charge in [-0.25, -0.2) is 0 Å². The summed E-state index contributed by atoms with van der Waals surface area (Å²) in [5.74, 6) is 0.935. The van der Waals surface area contributed by atoms with E-state index in [9.17, 15) is 5.11 Å². The van der Waals surface area contributed by atoms with Crippen molar-refractivity contribution >= 4 is 0 Å². The number of hydrogen-bond acceptors (Lipinski definition) is 5. The van der Waals surface area contributed by atoms with Gasteiger partial charge in [-0.2, -0.15) is 5.10 Å². The zero-order valence-electron chi connectivity index (χ0n) is 18.4. The maximum absolute atomic E-state index is 9.62. The highest BCUT2D eigenvalue weighted by atomic mass is 16.5. The SMILES string of the molecule is CCCn1cc(CN2CCN(Cc3ccc(OC)c(C)c3)[C@@H](CCO)C2)c(C)n1. The van der Waals surface area contributed by atoms with Crippen molar-refractivity contribution in [3.63, 3.8) is 0 Å². The Kier molecular flexibility index (Phi) is 7.70. The molecule has 0 unspecified atom stereocenters. The standard InChI is InChI=1S/C23H36N4O2/c1-5-9-27-16-21(19(3)24-27)15-25-10-11-26(22(17-25)8-12-28)14-20-6-7-23(29-4)18(2)13-20/h6-7,13,16,22,28H,5,8-12,14-15,17H2,1-4H3/t22-/m0/s1. The Bertz CT molecular complexity index is 789. The van der Waals surface area contributed by atoms with Crippen LogP contribution in [0.3, 0.4) is 0 Å². The van der Waals surface area contributed by atoms with Crippen LogP contribution in [0.15, 0.2) is 24.4 Å². The smallest absolute Gasteiger partial charge is 0.121 e. The minimum absolute atomic E-state index is 0.226. The van der Waals surface area contributed by atoms with Crippen LogP contribution in [0, 0.1) is 13.8 Å². The van der Waals surface area contributed by atoms with Gasteiger partial charge in [0.25, 0.3) is 0 Å². The molecule has 160 valence electrons. The second kappa shape index (κ2) is 10.2. The molecule has 1 aliphatic rings. The van der Waals surface area contributed by atoms with Crippen LogP contribution in [0.1, 0.15) is 42.1 Å². The minimum Gasteiger partial charge on any atom is -0.496 e. The van der Waals surface area contributed by atoms with Crippen LogP contribution in [0.4, 0.5) is 0 Å². The first kappa shape index (κ1) is 21.8. The molecule has 1 aliphatic heterocycles. The number of hydrogen-bond donors (Lipinski definition) is 1. The number of ether oxygens (including phenoxy) is 1. The van der Waals surface area contributed by atoms with E-state index in [2.05, 4.69) is 64.7 Å². The first-order valence-corrected chi connectivity index (χ1v) is 10.8. The fraction of sp³-hybridized carbons (Fsp3) is 0.609.